The SMILES string of the molecule is CCNC(O)(O)O.O=C1C=C(N2CC2)C(=O)C(N2CC2)=C1N1CC1. The van der Waals surface area contributed by atoms with Gasteiger partial charge in [0.1, 0.15) is 11.4 Å². The van der Waals surface area contributed by atoms with Crippen LogP contribution >= 0.6 is 0 Å². The Morgan fingerprint density at radius 1 is 0.958 bits per heavy atom. The highest BCUT2D eigenvalue weighted by Gasteiger charge is 2.43. The second kappa shape index (κ2) is 6.17. The van der Waals surface area contributed by atoms with Crippen LogP contribution in [0.3, 0.4) is 0 Å². The fourth-order valence-corrected chi connectivity index (χ4v) is 2.51. The van der Waals surface area contributed by atoms with Gasteiger partial charge in [0.15, 0.2) is 0 Å². The fourth-order valence-electron chi connectivity index (χ4n) is 2.51. The molecule has 0 aromatic rings. The van der Waals surface area contributed by atoms with Gasteiger partial charge in [0.05, 0.1) is 5.70 Å². The zero-order valence-corrected chi connectivity index (χ0v) is 13.5. The van der Waals surface area contributed by atoms with E-state index in [9.17, 15) is 9.59 Å². The molecular weight excluding hydrogens is 316 g/mol. The Kier molecular flexibility index (Phi) is 4.35. The molecule has 24 heavy (non-hydrogen) atoms. The maximum atomic E-state index is 12.4. The Labute approximate surface area is 139 Å². The molecule has 9 nitrogen and oxygen atoms in total. The summed E-state index contributed by atoms with van der Waals surface area (Å²) in [6, 6.07) is 0. The molecule has 0 bridgehead atoms. The van der Waals surface area contributed by atoms with Gasteiger partial charge in [0.2, 0.25) is 11.6 Å². The predicted octanol–water partition coefficient (Wildman–Crippen LogP) is -2.64. The number of hydrogen-bond acceptors (Lipinski definition) is 9. The maximum absolute atomic E-state index is 12.4. The highest BCUT2D eigenvalue weighted by molar-refractivity contribution is 6.22. The molecule has 3 fully saturated rings. The fraction of sp³-hybridized carbons (Fsp3) is 0.600. The minimum Gasteiger partial charge on any atom is -0.365 e. The van der Waals surface area contributed by atoms with E-state index in [2.05, 4.69) is 0 Å². The first-order chi connectivity index (χ1) is 11.3. The molecule has 9 heteroatoms. The number of rotatable bonds is 5. The highest BCUT2D eigenvalue weighted by Crippen LogP contribution is 2.33. The van der Waals surface area contributed by atoms with Crippen molar-refractivity contribution in [3.63, 3.8) is 0 Å². The summed E-state index contributed by atoms with van der Waals surface area (Å²) in [6.45, 7) is 7.35. The monoisotopic (exact) mass is 338 g/mol. The van der Waals surface area contributed by atoms with E-state index in [4.69, 9.17) is 15.3 Å². The minimum atomic E-state index is -2.70. The second-order valence-electron chi connectivity index (χ2n) is 6.05. The first-order valence-electron chi connectivity index (χ1n) is 8.04. The van der Waals surface area contributed by atoms with Gasteiger partial charge in [-0.25, -0.2) is 5.32 Å². The summed E-state index contributed by atoms with van der Waals surface area (Å²) in [6.07, 6.45) is -1.18. The molecule has 3 saturated heterocycles. The van der Waals surface area contributed by atoms with Gasteiger partial charge in [-0.05, 0) is 6.54 Å². The number of carbonyl (C=O) groups is 2. The zero-order chi connectivity index (χ0) is 17.5. The van der Waals surface area contributed by atoms with Gasteiger partial charge in [-0.2, -0.15) is 0 Å². The van der Waals surface area contributed by atoms with Crippen molar-refractivity contribution in [2.75, 3.05) is 45.8 Å². The molecule has 0 aromatic carbocycles. The van der Waals surface area contributed by atoms with E-state index in [1.165, 1.54) is 6.08 Å². The lowest BCUT2D eigenvalue weighted by Crippen LogP contribution is -2.44. The van der Waals surface area contributed by atoms with Gasteiger partial charge in [0.25, 0.3) is 0 Å². The summed E-state index contributed by atoms with van der Waals surface area (Å²) in [4.78, 5) is 30.5. The molecular formula is C15H22N4O5. The summed E-state index contributed by atoms with van der Waals surface area (Å²) in [5, 5.41) is 26.0. The third kappa shape index (κ3) is 3.93. The lowest BCUT2D eigenvalue weighted by Gasteiger charge is -2.21. The van der Waals surface area contributed by atoms with Crippen molar-refractivity contribution in [1.82, 2.24) is 20.0 Å². The summed E-state index contributed by atoms with van der Waals surface area (Å²) in [5.74, 6) is 0.0485. The van der Waals surface area contributed by atoms with Gasteiger partial charge < -0.3 is 30.0 Å². The van der Waals surface area contributed by atoms with E-state index >= 15 is 0 Å². The van der Waals surface area contributed by atoms with Gasteiger partial charge in [-0.15, -0.1) is 0 Å². The van der Waals surface area contributed by atoms with Crippen LogP contribution in [0.5, 0.6) is 0 Å². The Bertz CT molecular complexity index is 610. The molecule has 1 aliphatic carbocycles. The lowest BCUT2D eigenvalue weighted by molar-refractivity contribution is -0.330. The van der Waals surface area contributed by atoms with E-state index in [0.29, 0.717) is 23.6 Å². The number of hydrogen-bond donors (Lipinski definition) is 4. The van der Waals surface area contributed by atoms with E-state index in [0.717, 1.165) is 39.3 Å². The van der Waals surface area contributed by atoms with Crippen molar-refractivity contribution in [3.05, 3.63) is 23.2 Å². The molecule has 0 radical (unpaired) electrons. The van der Waals surface area contributed by atoms with Crippen LogP contribution in [0.1, 0.15) is 6.92 Å². The Balaban J connectivity index is 0.000000209. The van der Waals surface area contributed by atoms with Crippen molar-refractivity contribution in [2.24, 2.45) is 0 Å². The van der Waals surface area contributed by atoms with E-state index in [1.54, 1.807) is 6.92 Å². The van der Waals surface area contributed by atoms with Crippen molar-refractivity contribution < 1.29 is 24.9 Å². The van der Waals surface area contributed by atoms with Crippen LogP contribution in [-0.4, -0.2) is 93.5 Å². The summed E-state index contributed by atoms with van der Waals surface area (Å²) in [7, 11) is 0. The van der Waals surface area contributed by atoms with Crippen LogP contribution in [0.2, 0.25) is 0 Å². The standard InChI is InChI=1S/C12H13N3O2.C3H9NO3/c16-9-7-8(13-1-2-13)12(17)11(15-5-6-15)10(9)14-3-4-14;1-2-4-3(5,6)7/h7H,1-6H2;4-7H,2H2,1H3. The van der Waals surface area contributed by atoms with Gasteiger partial charge in [-0.1, -0.05) is 6.92 Å². The van der Waals surface area contributed by atoms with E-state index in [1.807, 2.05) is 20.0 Å². The average Bonchev–Trinajstić information content (AvgIpc) is 3.36. The quantitative estimate of drug-likeness (QED) is 0.243. The van der Waals surface area contributed by atoms with E-state index < -0.39 is 6.10 Å². The molecule has 0 unspecified atom stereocenters. The average molecular weight is 338 g/mol. The molecule has 0 saturated carbocycles. The normalized spacial score (nSPS) is 22.3. The smallest absolute Gasteiger partial charge is 0.343 e. The number of nitrogens with zero attached hydrogens (tertiary/aromatic N) is 3. The van der Waals surface area contributed by atoms with Crippen molar-refractivity contribution >= 4 is 11.6 Å². The molecule has 0 atom stereocenters. The molecule has 4 aliphatic rings. The molecule has 4 rings (SSSR count). The third-order valence-corrected chi connectivity index (χ3v) is 3.90. The molecule has 0 aromatic heterocycles. The maximum Gasteiger partial charge on any atom is 0.343 e. The molecule has 0 amide bonds. The third-order valence-electron chi connectivity index (χ3n) is 3.90. The topological polar surface area (TPSA) is 116 Å². The Morgan fingerprint density at radius 3 is 1.83 bits per heavy atom. The molecule has 3 heterocycles. The van der Waals surface area contributed by atoms with Crippen LogP contribution in [0.25, 0.3) is 0 Å². The van der Waals surface area contributed by atoms with Crippen molar-refractivity contribution in [1.29, 1.82) is 0 Å². The lowest BCUT2D eigenvalue weighted by atomic mass is 10.0. The van der Waals surface area contributed by atoms with Crippen LogP contribution in [0.15, 0.2) is 23.2 Å². The van der Waals surface area contributed by atoms with Crippen LogP contribution < -0.4 is 5.32 Å². The highest BCUT2D eigenvalue weighted by atomic mass is 16.7. The van der Waals surface area contributed by atoms with Crippen LogP contribution in [0.4, 0.5) is 0 Å². The van der Waals surface area contributed by atoms with Crippen molar-refractivity contribution in [2.45, 2.75) is 13.0 Å². The molecule has 4 N–H and O–H groups in total. The first kappa shape index (κ1) is 16.9. The minimum absolute atomic E-state index is 0.00546. The second-order valence-corrected chi connectivity index (χ2v) is 6.05. The number of allylic oxidation sites excluding steroid dienone is 1. The summed E-state index contributed by atoms with van der Waals surface area (Å²) < 4.78 is 0. The molecule has 3 aliphatic heterocycles. The number of Topliss-reactive ketones (excluding diaryl/α,β-unsaturated/α-hetero) is 1. The summed E-state index contributed by atoms with van der Waals surface area (Å²) >= 11 is 0. The van der Waals surface area contributed by atoms with Gasteiger partial charge in [0, 0.05) is 45.3 Å². The number of carbonyl (C=O) groups excluding carboxylic acids is 2. The van der Waals surface area contributed by atoms with E-state index in [-0.39, 0.29) is 11.6 Å². The predicted molar refractivity (Wildman–Crippen MR) is 82.9 cm³/mol. The zero-order valence-electron chi connectivity index (χ0n) is 13.5. The van der Waals surface area contributed by atoms with Gasteiger partial charge >= 0.3 is 6.10 Å². The molecule has 0 spiro atoms. The number of ketones is 2. The largest absolute Gasteiger partial charge is 0.365 e. The van der Waals surface area contributed by atoms with Crippen LogP contribution in [-0.2, 0) is 9.59 Å². The van der Waals surface area contributed by atoms with Crippen LogP contribution in [0, 0.1) is 0 Å². The Morgan fingerprint density at radius 2 is 1.46 bits per heavy atom. The Hall–Kier alpha value is -1.94. The first-order valence-corrected chi connectivity index (χ1v) is 8.04. The number of aliphatic hydroxyl groups is 3. The van der Waals surface area contributed by atoms with Gasteiger partial charge in [-0.3, -0.25) is 9.59 Å². The molecule has 132 valence electrons. The number of nitrogens with one attached hydrogen (secondary N) is 1. The van der Waals surface area contributed by atoms with Crippen molar-refractivity contribution in [3.8, 4) is 0 Å². The summed E-state index contributed by atoms with van der Waals surface area (Å²) in [5.41, 5.74) is 1.89.